The van der Waals surface area contributed by atoms with Crippen molar-refractivity contribution in [2.24, 2.45) is 5.73 Å². The van der Waals surface area contributed by atoms with Gasteiger partial charge in [0.2, 0.25) is 0 Å². The first-order chi connectivity index (χ1) is 9.60. The van der Waals surface area contributed by atoms with E-state index >= 15 is 0 Å². The van der Waals surface area contributed by atoms with Crippen LogP contribution in [-0.4, -0.2) is 24.2 Å². The molecule has 0 spiro atoms. The molecule has 1 atom stereocenters. The molecular formula is C16H17NO3. The molecule has 0 unspecified atom stereocenters. The van der Waals surface area contributed by atoms with Gasteiger partial charge in [0.05, 0.1) is 7.11 Å². The normalized spacial score (nSPS) is 11.9. The lowest BCUT2D eigenvalue weighted by Gasteiger charge is -2.09. The van der Waals surface area contributed by atoms with Gasteiger partial charge in [-0.15, -0.1) is 0 Å². The van der Waals surface area contributed by atoms with Crippen molar-refractivity contribution in [2.75, 3.05) is 7.11 Å². The second kappa shape index (κ2) is 6.21. The van der Waals surface area contributed by atoms with Crippen LogP contribution in [0.5, 0.6) is 5.75 Å². The van der Waals surface area contributed by atoms with Gasteiger partial charge in [-0.2, -0.15) is 0 Å². The van der Waals surface area contributed by atoms with Gasteiger partial charge in [0.15, 0.2) is 0 Å². The minimum atomic E-state index is -0.989. The summed E-state index contributed by atoms with van der Waals surface area (Å²) in [6, 6.07) is 14.6. The quantitative estimate of drug-likeness (QED) is 0.875. The summed E-state index contributed by atoms with van der Waals surface area (Å²) < 4.78 is 5.20. The third-order valence-corrected chi connectivity index (χ3v) is 3.10. The Kier molecular flexibility index (Phi) is 4.38. The lowest BCUT2D eigenvalue weighted by atomic mass is 9.99. The SMILES string of the molecule is COc1cccc(-c2cccc(C[C@H](N)C(=O)O)c2)c1. The Morgan fingerprint density at radius 1 is 1.20 bits per heavy atom. The molecule has 0 bridgehead atoms. The second-order valence-electron chi connectivity index (χ2n) is 4.58. The Balaban J connectivity index is 2.27. The van der Waals surface area contributed by atoms with E-state index in [2.05, 4.69) is 0 Å². The third-order valence-electron chi connectivity index (χ3n) is 3.10. The Hall–Kier alpha value is -2.33. The molecule has 104 valence electrons. The summed E-state index contributed by atoms with van der Waals surface area (Å²) in [5, 5.41) is 8.86. The van der Waals surface area contributed by atoms with Crippen molar-refractivity contribution >= 4 is 5.97 Å². The van der Waals surface area contributed by atoms with E-state index in [4.69, 9.17) is 15.6 Å². The monoisotopic (exact) mass is 271 g/mol. The maximum absolute atomic E-state index is 10.8. The van der Waals surface area contributed by atoms with Crippen molar-refractivity contribution in [3.63, 3.8) is 0 Å². The zero-order chi connectivity index (χ0) is 14.5. The zero-order valence-corrected chi connectivity index (χ0v) is 11.2. The number of benzene rings is 2. The van der Waals surface area contributed by atoms with Crippen LogP contribution in [0.4, 0.5) is 0 Å². The largest absolute Gasteiger partial charge is 0.497 e. The van der Waals surface area contributed by atoms with Crippen LogP contribution < -0.4 is 10.5 Å². The van der Waals surface area contributed by atoms with Crippen LogP contribution >= 0.6 is 0 Å². The fraction of sp³-hybridized carbons (Fsp3) is 0.188. The van der Waals surface area contributed by atoms with E-state index in [1.54, 1.807) is 7.11 Å². The summed E-state index contributed by atoms with van der Waals surface area (Å²) >= 11 is 0. The molecule has 4 heteroatoms. The molecule has 0 fully saturated rings. The maximum Gasteiger partial charge on any atom is 0.320 e. The Morgan fingerprint density at radius 2 is 1.85 bits per heavy atom. The molecule has 2 rings (SSSR count). The van der Waals surface area contributed by atoms with E-state index in [-0.39, 0.29) is 0 Å². The predicted octanol–water partition coefficient (Wildman–Crippen LogP) is 2.32. The van der Waals surface area contributed by atoms with E-state index in [0.717, 1.165) is 22.4 Å². The van der Waals surface area contributed by atoms with Gasteiger partial charge < -0.3 is 15.6 Å². The molecule has 0 aliphatic carbocycles. The number of hydrogen-bond donors (Lipinski definition) is 2. The molecule has 0 amide bonds. The van der Waals surface area contributed by atoms with Gasteiger partial charge in [0.1, 0.15) is 11.8 Å². The first kappa shape index (κ1) is 14.1. The highest BCUT2D eigenvalue weighted by Crippen LogP contribution is 2.24. The van der Waals surface area contributed by atoms with Crippen LogP contribution in [-0.2, 0) is 11.2 Å². The molecule has 0 saturated carbocycles. The molecule has 20 heavy (non-hydrogen) atoms. The smallest absolute Gasteiger partial charge is 0.320 e. The Bertz CT molecular complexity index is 610. The third kappa shape index (κ3) is 3.36. The lowest BCUT2D eigenvalue weighted by Crippen LogP contribution is -2.32. The molecule has 0 heterocycles. The van der Waals surface area contributed by atoms with Crippen molar-refractivity contribution in [3.05, 3.63) is 54.1 Å². The van der Waals surface area contributed by atoms with Crippen molar-refractivity contribution in [3.8, 4) is 16.9 Å². The van der Waals surface area contributed by atoms with Crippen LogP contribution in [0.15, 0.2) is 48.5 Å². The van der Waals surface area contributed by atoms with E-state index in [1.165, 1.54) is 0 Å². The molecule has 0 aromatic heterocycles. The molecule has 0 saturated heterocycles. The van der Waals surface area contributed by atoms with Crippen LogP contribution in [0.3, 0.4) is 0 Å². The van der Waals surface area contributed by atoms with Crippen molar-refractivity contribution < 1.29 is 14.6 Å². The average Bonchev–Trinajstić information content (AvgIpc) is 2.47. The molecular weight excluding hydrogens is 254 g/mol. The molecule has 4 nitrogen and oxygen atoms in total. The number of aliphatic carboxylic acids is 1. The van der Waals surface area contributed by atoms with E-state index in [9.17, 15) is 4.79 Å². The number of carboxylic acids is 1. The van der Waals surface area contributed by atoms with Gasteiger partial charge in [-0.1, -0.05) is 36.4 Å². The molecule has 3 N–H and O–H groups in total. The first-order valence-electron chi connectivity index (χ1n) is 6.32. The molecule has 0 aliphatic rings. The highest BCUT2D eigenvalue weighted by Gasteiger charge is 2.12. The minimum Gasteiger partial charge on any atom is -0.497 e. The predicted molar refractivity (Wildman–Crippen MR) is 77.7 cm³/mol. The van der Waals surface area contributed by atoms with Gasteiger partial charge in [0.25, 0.3) is 0 Å². The summed E-state index contributed by atoms with van der Waals surface area (Å²) in [7, 11) is 1.63. The number of rotatable bonds is 5. The fourth-order valence-corrected chi connectivity index (χ4v) is 2.02. The number of carbonyl (C=O) groups is 1. The van der Waals surface area contributed by atoms with Gasteiger partial charge in [-0.3, -0.25) is 4.79 Å². The van der Waals surface area contributed by atoms with E-state index in [1.807, 2.05) is 48.5 Å². The number of nitrogens with two attached hydrogens (primary N) is 1. The Labute approximate surface area is 117 Å². The van der Waals surface area contributed by atoms with Gasteiger partial charge in [0, 0.05) is 0 Å². The number of hydrogen-bond acceptors (Lipinski definition) is 3. The number of ether oxygens (including phenoxy) is 1. The van der Waals surface area contributed by atoms with Crippen molar-refractivity contribution in [1.29, 1.82) is 0 Å². The molecule has 0 aliphatic heterocycles. The Morgan fingerprint density at radius 3 is 2.50 bits per heavy atom. The maximum atomic E-state index is 10.8. The molecule has 2 aromatic rings. The standard InChI is InChI=1S/C16H17NO3/c1-20-14-7-3-6-13(10-14)12-5-2-4-11(8-12)9-15(17)16(18)19/h2-8,10,15H,9,17H2,1H3,(H,18,19)/t15-/m0/s1. The number of carboxylic acid groups (broad SMARTS) is 1. The summed E-state index contributed by atoms with van der Waals surface area (Å²) in [5.74, 6) is -0.202. The summed E-state index contributed by atoms with van der Waals surface area (Å²) in [6.07, 6.45) is 0.313. The highest BCUT2D eigenvalue weighted by atomic mass is 16.5. The van der Waals surface area contributed by atoms with Gasteiger partial charge in [-0.05, 0) is 35.2 Å². The second-order valence-corrected chi connectivity index (χ2v) is 4.58. The average molecular weight is 271 g/mol. The van der Waals surface area contributed by atoms with E-state index in [0.29, 0.717) is 6.42 Å². The van der Waals surface area contributed by atoms with Crippen LogP contribution in [0.2, 0.25) is 0 Å². The van der Waals surface area contributed by atoms with Crippen molar-refractivity contribution in [1.82, 2.24) is 0 Å². The summed E-state index contributed by atoms with van der Waals surface area (Å²) in [4.78, 5) is 10.8. The fourth-order valence-electron chi connectivity index (χ4n) is 2.02. The van der Waals surface area contributed by atoms with Gasteiger partial charge in [-0.25, -0.2) is 0 Å². The molecule has 0 radical (unpaired) electrons. The molecule has 2 aromatic carbocycles. The summed E-state index contributed by atoms with van der Waals surface area (Å²) in [6.45, 7) is 0. The van der Waals surface area contributed by atoms with Gasteiger partial charge >= 0.3 is 5.97 Å². The minimum absolute atomic E-state index is 0.313. The topological polar surface area (TPSA) is 72.5 Å². The van der Waals surface area contributed by atoms with Crippen LogP contribution in [0.25, 0.3) is 11.1 Å². The van der Waals surface area contributed by atoms with Crippen LogP contribution in [0.1, 0.15) is 5.56 Å². The van der Waals surface area contributed by atoms with Crippen LogP contribution in [0, 0.1) is 0 Å². The van der Waals surface area contributed by atoms with Crippen molar-refractivity contribution in [2.45, 2.75) is 12.5 Å². The zero-order valence-electron chi connectivity index (χ0n) is 11.2. The first-order valence-corrected chi connectivity index (χ1v) is 6.32. The summed E-state index contributed by atoms with van der Waals surface area (Å²) in [5.41, 5.74) is 8.50. The number of methoxy groups -OCH3 is 1. The van der Waals surface area contributed by atoms with E-state index < -0.39 is 12.0 Å². The highest BCUT2D eigenvalue weighted by molar-refractivity contribution is 5.74. The lowest BCUT2D eigenvalue weighted by molar-refractivity contribution is -0.138.